The lowest BCUT2D eigenvalue weighted by Crippen LogP contribution is -2.26. The van der Waals surface area contributed by atoms with Crippen LogP contribution in [-0.2, 0) is 33.4 Å². The first-order valence-corrected chi connectivity index (χ1v) is 8.18. The summed E-state index contributed by atoms with van der Waals surface area (Å²) in [4.78, 5) is 22.9. The summed E-state index contributed by atoms with van der Waals surface area (Å²) in [5.41, 5.74) is 0.921. The summed E-state index contributed by atoms with van der Waals surface area (Å²) >= 11 is 0. The summed E-state index contributed by atoms with van der Waals surface area (Å²) in [7, 11) is -1.01. The Labute approximate surface area is 125 Å². The molecule has 0 radical (unpaired) electrons. The third-order valence-corrected chi connectivity index (χ3v) is 3.30. The molecular formula is C13H22O7S. The van der Waals surface area contributed by atoms with Crippen LogP contribution < -0.4 is 0 Å². The highest BCUT2D eigenvalue weighted by Gasteiger charge is 2.27. The van der Waals surface area contributed by atoms with Gasteiger partial charge in [-0.25, -0.2) is 0 Å². The zero-order chi connectivity index (χ0) is 16.5. The molecule has 8 heteroatoms. The highest BCUT2D eigenvalue weighted by molar-refractivity contribution is 7.85. The normalized spacial score (nSPS) is 12.3. The van der Waals surface area contributed by atoms with Crippen LogP contribution in [0.25, 0.3) is 0 Å². The molecule has 0 aromatic carbocycles. The third-order valence-electron chi connectivity index (χ3n) is 2.71. The number of allylic oxidation sites excluding steroid dienone is 1. The maximum atomic E-state index is 11.5. The molecule has 0 aliphatic carbocycles. The van der Waals surface area contributed by atoms with Crippen LogP contribution in [-0.4, -0.2) is 47.4 Å². The molecule has 0 bridgehead atoms. The van der Waals surface area contributed by atoms with Crippen LogP contribution in [0.2, 0.25) is 0 Å². The number of ether oxygens (including phenoxy) is 2. The van der Waals surface area contributed by atoms with E-state index in [9.17, 15) is 18.0 Å². The zero-order valence-corrected chi connectivity index (χ0v) is 13.6. The van der Waals surface area contributed by atoms with E-state index in [1.54, 1.807) is 6.08 Å². The Morgan fingerprint density at radius 2 is 1.67 bits per heavy atom. The van der Waals surface area contributed by atoms with Gasteiger partial charge in [-0.15, -0.1) is 0 Å². The van der Waals surface area contributed by atoms with Gasteiger partial charge < -0.3 is 9.47 Å². The smallest absolute Gasteiger partial charge is 0.320 e. The Morgan fingerprint density at radius 1 is 1.14 bits per heavy atom. The maximum Gasteiger partial charge on any atom is 0.320 e. The molecule has 21 heavy (non-hydrogen) atoms. The molecule has 0 aliphatic heterocycles. The monoisotopic (exact) mass is 322 g/mol. The standard InChI is InChI=1S/C13H22O7S/c1-10(6-5-9-20-21(4,16)17)7-8-11(12(14)18-2)13(15)19-3/h6,11H,5,7-9H2,1-4H3/b10-6+. The zero-order valence-electron chi connectivity index (χ0n) is 12.7. The van der Waals surface area contributed by atoms with E-state index >= 15 is 0 Å². The van der Waals surface area contributed by atoms with Crippen molar-refractivity contribution in [2.24, 2.45) is 5.92 Å². The second-order valence-electron chi connectivity index (χ2n) is 4.50. The number of rotatable bonds is 9. The van der Waals surface area contributed by atoms with Crippen molar-refractivity contribution in [1.82, 2.24) is 0 Å². The SMILES string of the molecule is COC(=O)C(CC/C(C)=C/CCOS(C)(=O)=O)C(=O)OC. The molecule has 0 aliphatic rings. The molecule has 0 N–H and O–H groups in total. The van der Waals surface area contributed by atoms with Crippen LogP contribution >= 0.6 is 0 Å². The fourth-order valence-corrected chi connectivity index (χ4v) is 1.99. The van der Waals surface area contributed by atoms with Gasteiger partial charge in [0.2, 0.25) is 0 Å². The summed E-state index contributed by atoms with van der Waals surface area (Å²) in [6, 6.07) is 0. The van der Waals surface area contributed by atoms with Gasteiger partial charge in [0, 0.05) is 0 Å². The van der Waals surface area contributed by atoms with E-state index in [1.807, 2.05) is 6.92 Å². The third kappa shape index (κ3) is 9.19. The van der Waals surface area contributed by atoms with E-state index in [0.717, 1.165) is 11.8 Å². The quantitative estimate of drug-likeness (QED) is 0.206. The van der Waals surface area contributed by atoms with Crippen LogP contribution in [0.5, 0.6) is 0 Å². The molecule has 0 rings (SSSR count). The summed E-state index contributed by atoms with van der Waals surface area (Å²) in [6.45, 7) is 1.89. The average Bonchev–Trinajstić information content (AvgIpc) is 2.41. The summed E-state index contributed by atoms with van der Waals surface area (Å²) in [6.07, 6.45) is 3.99. The number of hydrogen-bond acceptors (Lipinski definition) is 7. The van der Waals surface area contributed by atoms with Gasteiger partial charge in [0.25, 0.3) is 10.1 Å². The van der Waals surface area contributed by atoms with Crippen molar-refractivity contribution in [2.75, 3.05) is 27.1 Å². The van der Waals surface area contributed by atoms with Crippen LogP contribution in [0.3, 0.4) is 0 Å². The van der Waals surface area contributed by atoms with E-state index in [4.69, 9.17) is 0 Å². The first-order chi connectivity index (χ1) is 9.71. The lowest BCUT2D eigenvalue weighted by atomic mass is 10.00. The van der Waals surface area contributed by atoms with Gasteiger partial charge >= 0.3 is 11.9 Å². The lowest BCUT2D eigenvalue weighted by Gasteiger charge is -2.12. The van der Waals surface area contributed by atoms with Crippen LogP contribution in [0.4, 0.5) is 0 Å². The molecule has 0 aromatic rings. The molecule has 0 spiro atoms. The molecule has 0 atom stereocenters. The second-order valence-corrected chi connectivity index (χ2v) is 6.15. The minimum absolute atomic E-state index is 0.0631. The van der Waals surface area contributed by atoms with Crippen molar-refractivity contribution in [1.29, 1.82) is 0 Å². The van der Waals surface area contributed by atoms with Gasteiger partial charge in [0.1, 0.15) is 0 Å². The summed E-state index contributed by atoms with van der Waals surface area (Å²) in [5.74, 6) is -2.21. The number of carbonyl (C=O) groups excluding carboxylic acids is 2. The Hall–Kier alpha value is -1.41. The predicted molar refractivity (Wildman–Crippen MR) is 75.9 cm³/mol. The summed E-state index contributed by atoms with van der Waals surface area (Å²) < 4.78 is 35.2. The van der Waals surface area contributed by atoms with Crippen molar-refractivity contribution in [2.45, 2.75) is 26.2 Å². The Bertz CT molecular complexity index is 463. The minimum Gasteiger partial charge on any atom is -0.468 e. The van der Waals surface area contributed by atoms with Crippen LogP contribution in [0, 0.1) is 5.92 Å². The topological polar surface area (TPSA) is 96.0 Å². The van der Waals surface area contributed by atoms with Crippen molar-refractivity contribution >= 4 is 22.1 Å². The maximum absolute atomic E-state index is 11.5. The Balaban J connectivity index is 4.33. The molecule has 0 fully saturated rings. The molecule has 0 amide bonds. The van der Waals surface area contributed by atoms with Gasteiger partial charge in [-0.3, -0.25) is 13.8 Å². The van der Waals surface area contributed by atoms with E-state index in [2.05, 4.69) is 13.7 Å². The Morgan fingerprint density at radius 3 is 2.10 bits per heavy atom. The fourth-order valence-electron chi connectivity index (χ4n) is 1.60. The van der Waals surface area contributed by atoms with Crippen molar-refractivity contribution < 1.29 is 31.7 Å². The number of hydrogen-bond donors (Lipinski definition) is 0. The fraction of sp³-hybridized carbons (Fsp3) is 0.692. The molecule has 0 saturated carbocycles. The van der Waals surface area contributed by atoms with Crippen LogP contribution in [0.15, 0.2) is 11.6 Å². The highest BCUT2D eigenvalue weighted by atomic mass is 32.2. The van der Waals surface area contributed by atoms with Crippen molar-refractivity contribution in [3.63, 3.8) is 0 Å². The molecule has 0 saturated heterocycles. The number of methoxy groups -OCH3 is 2. The molecule has 0 heterocycles. The van der Waals surface area contributed by atoms with E-state index in [-0.39, 0.29) is 13.0 Å². The summed E-state index contributed by atoms with van der Waals surface area (Å²) in [5, 5.41) is 0. The lowest BCUT2D eigenvalue weighted by molar-refractivity contribution is -0.159. The largest absolute Gasteiger partial charge is 0.468 e. The van der Waals surface area contributed by atoms with Crippen LogP contribution in [0.1, 0.15) is 26.2 Å². The van der Waals surface area contributed by atoms with Gasteiger partial charge in [0.05, 0.1) is 27.1 Å². The van der Waals surface area contributed by atoms with Gasteiger partial charge in [0.15, 0.2) is 5.92 Å². The minimum atomic E-state index is -3.43. The second kappa shape index (κ2) is 9.51. The molecule has 0 aromatic heterocycles. The Kier molecular flexibility index (Phi) is 8.87. The first-order valence-electron chi connectivity index (χ1n) is 6.37. The molecular weight excluding hydrogens is 300 g/mol. The first kappa shape index (κ1) is 19.6. The highest BCUT2D eigenvalue weighted by Crippen LogP contribution is 2.15. The van der Waals surface area contributed by atoms with E-state index in [1.165, 1.54) is 14.2 Å². The number of esters is 2. The van der Waals surface area contributed by atoms with E-state index < -0.39 is 28.0 Å². The van der Waals surface area contributed by atoms with E-state index in [0.29, 0.717) is 12.8 Å². The number of carbonyl (C=O) groups is 2. The van der Waals surface area contributed by atoms with Crippen molar-refractivity contribution in [3.8, 4) is 0 Å². The van der Waals surface area contributed by atoms with Crippen molar-refractivity contribution in [3.05, 3.63) is 11.6 Å². The van der Waals surface area contributed by atoms with Gasteiger partial charge in [-0.2, -0.15) is 8.42 Å². The predicted octanol–water partition coefficient (Wildman–Crippen LogP) is 1.04. The molecule has 122 valence electrons. The van der Waals surface area contributed by atoms with Gasteiger partial charge in [-0.1, -0.05) is 11.6 Å². The van der Waals surface area contributed by atoms with Gasteiger partial charge in [-0.05, 0) is 26.2 Å². The average molecular weight is 322 g/mol. The molecule has 0 unspecified atom stereocenters. The molecule has 7 nitrogen and oxygen atoms in total.